The zero-order chi connectivity index (χ0) is 21.0. The molecule has 154 valence electrons. The maximum atomic E-state index is 12.7. The highest BCUT2D eigenvalue weighted by Gasteiger charge is 2.36. The molecule has 8 heteroatoms. The zero-order valence-corrected chi connectivity index (χ0v) is 16.9. The summed E-state index contributed by atoms with van der Waals surface area (Å²) in [5.41, 5.74) is 1.18. The fourth-order valence-electron chi connectivity index (χ4n) is 3.28. The van der Waals surface area contributed by atoms with Gasteiger partial charge in [0.15, 0.2) is 11.5 Å². The summed E-state index contributed by atoms with van der Waals surface area (Å²) in [6.45, 7) is 0.265. The normalized spacial score (nSPS) is 15.8. The minimum absolute atomic E-state index is 0.119. The summed E-state index contributed by atoms with van der Waals surface area (Å²) in [4.78, 5) is 26.9. The van der Waals surface area contributed by atoms with E-state index in [1.165, 1.54) is 14.2 Å². The van der Waals surface area contributed by atoms with Gasteiger partial charge in [0.1, 0.15) is 11.5 Å². The Hall–Kier alpha value is -3.42. The summed E-state index contributed by atoms with van der Waals surface area (Å²) in [5, 5.41) is 2.84. The molecule has 2 amide bonds. The van der Waals surface area contributed by atoms with Crippen molar-refractivity contribution >= 4 is 23.2 Å². The number of rotatable bonds is 7. The summed E-state index contributed by atoms with van der Waals surface area (Å²) < 4.78 is 21.0. The molecule has 0 aromatic heterocycles. The van der Waals surface area contributed by atoms with E-state index in [4.69, 9.17) is 18.9 Å². The van der Waals surface area contributed by atoms with Gasteiger partial charge in [-0.05, 0) is 24.3 Å². The van der Waals surface area contributed by atoms with Gasteiger partial charge in [0, 0.05) is 30.8 Å². The molecular formula is C21H24N2O6. The number of nitrogens with one attached hydrogen (secondary N) is 1. The summed E-state index contributed by atoms with van der Waals surface area (Å²) in [5.74, 6) is 1.36. The number of carbonyl (C=O) groups is 2. The summed E-state index contributed by atoms with van der Waals surface area (Å²) in [7, 11) is 6.16. The molecule has 1 aliphatic heterocycles. The molecule has 2 aromatic carbocycles. The van der Waals surface area contributed by atoms with Gasteiger partial charge in [0.25, 0.3) is 0 Å². The van der Waals surface area contributed by atoms with Crippen LogP contribution < -0.4 is 29.2 Å². The molecule has 3 rings (SSSR count). The van der Waals surface area contributed by atoms with E-state index in [-0.39, 0.29) is 24.8 Å². The molecule has 0 saturated carbocycles. The minimum atomic E-state index is -0.484. The molecule has 8 nitrogen and oxygen atoms in total. The van der Waals surface area contributed by atoms with E-state index in [9.17, 15) is 9.59 Å². The second kappa shape index (κ2) is 8.72. The zero-order valence-electron chi connectivity index (χ0n) is 16.9. The van der Waals surface area contributed by atoms with Crippen molar-refractivity contribution in [3.63, 3.8) is 0 Å². The third kappa shape index (κ3) is 4.21. The van der Waals surface area contributed by atoms with Crippen LogP contribution in [-0.4, -0.2) is 46.8 Å². The Morgan fingerprint density at radius 2 is 1.66 bits per heavy atom. The Morgan fingerprint density at radius 1 is 0.931 bits per heavy atom. The molecule has 0 aliphatic carbocycles. The number of hydrogen-bond acceptors (Lipinski definition) is 6. The summed E-state index contributed by atoms with van der Waals surface area (Å²) in [6, 6.07) is 10.3. The molecule has 1 saturated heterocycles. The van der Waals surface area contributed by atoms with Gasteiger partial charge in [-0.15, -0.1) is 0 Å². The maximum absolute atomic E-state index is 12.7. The number of carbonyl (C=O) groups excluding carboxylic acids is 2. The van der Waals surface area contributed by atoms with Gasteiger partial charge in [-0.3, -0.25) is 9.59 Å². The topological polar surface area (TPSA) is 86.3 Å². The van der Waals surface area contributed by atoms with Crippen LogP contribution in [0.4, 0.5) is 11.4 Å². The third-order valence-electron chi connectivity index (χ3n) is 4.82. The predicted octanol–water partition coefficient (Wildman–Crippen LogP) is 2.71. The molecular weight excluding hydrogens is 376 g/mol. The second-order valence-electron chi connectivity index (χ2n) is 6.50. The van der Waals surface area contributed by atoms with Crippen molar-refractivity contribution < 1.29 is 28.5 Å². The molecule has 0 spiro atoms. The highest BCUT2D eigenvalue weighted by atomic mass is 16.5. The number of amides is 2. The Bertz CT molecular complexity index is 914. The summed E-state index contributed by atoms with van der Waals surface area (Å²) >= 11 is 0. The van der Waals surface area contributed by atoms with Crippen LogP contribution >= 0.6 is 0 Å². The van der Waals surface area contributed by atoms with Gasteiger partial charge in [0.2, 0.25) is 11.8 Å². The van der Waals surface area contributed by atoms with Crippen molar-refractivity contribution in [3.8, 4) is 23.0 Å². The van der Waals surface area contributed by atoms with Crippen LogP contribution in [0.5, 0.6) is 23.0 Å². The van der Waals surface area contributed by atoms with Gasteiger partial charge in [-0.1, -0.05) is 0 Å². The van der Waals surface area contributed by atoms with Gasteiger partial charge in [0.05, 0.1) is 40.0 Å². The monoisotopic (exact) mass is 400 g/mol. The van der Waals surface area contributed by atoms with Gasteiger partial charge >= 0.3 is 0 Å². The second-order valence-corrected chi connectivity index (χ2v) is 6.50. The fourth-order valence-corrected chi connectivity index (χ4v) is 3.28. The third-order valence-corrected chi connectivity index (χ3v) is 4.82. The molecule has 1 aliphatic rings. The lowest BCUT2D eigenvalue weighted by Gasteiger charge is -2.20. The Balaban J connectivity index is 1.74. The van der Waals surface area contributed by atoms with Crippen LogP contribution in [0.2, 0.25) is 0 Å². The largest absolute Gasteiger partial charge is 0.497 e. The Labute approximate surface area is 169 Å². The van der Waals surface area contributed by atoms with Crippen molar-refractivity contribution in [2.24, 2.45) is 5.92 Å². The fraction of sp³-hybridized carbons (Fsp3) is 0.333. The van der Waals surface area contributed by atoms with E-state index in [1.807, 2.05) is 0 Å². The van der Waals surface area contributed by atoms with Crippen molar-refractivity contribution in [2.75, 3.05) is 45.2 Å². The quantitative estimate of drug-likeness (QED) is 0.769. The molecule has 1 N–H and O–H groups in total. The lowest BCUT2D eigenvalue weighted by atomic mass is 10.1. The van der Waals surface area contributed by atoms with Crippen molar-refractivity contribution in [1.29, 1.82) is 0 Å². The average molecular weight is 400 g/mol. The van der Waals surface area contributed by atoms with Gasteiger partial charge in [-0.25, -0.2) is 0 Å². The molecule has 0 bridgehead atoms. The molecule has 0 radical (unpaired) electrons. The number of benzene rings is 2. The van der Waals surface area contributed by atoms with E-state index in [0.717, 1.165) is 0 Å². The minimum Gasteiger partial charge on any atom is -0.497 e. The van der Waals surface area contributed by atoms with Crippen molar-refractivity contribution in [1.82, 2.24) is 0 Å². The number of methoxy groups -OCH3 is 4. The average Bonchev–Trinajstić information content (AvgIpc) is 3.14. The van der Waals surface area contributed by atoms with Crippen LogP contribution in [0, 0.1) is 5.92 Å². The molecule has 1 unspecified atom stereocenters. The molecule has 29 heavy (non-hydrogen) atoms. The molecule has 1 heterocycles. The maximum Gasteiger partial charge on any atom is 0.229 e. The molecule has 1 fully saturated rings. The van der Waals surface area contributed by atoms with E-state index < -0.39 is 5.92 Å². The van der Waals surface area contributed by atoms with E-state index in [1.54, 1.807) is 55.5 Å². The van der Waals surface area contributed by atoms with E-state index >= 15 is 0 Å². The van der Waals surface area contributed by atoms with Gasteiger partial charge < -0.3 is 29.2 Å². The van der Waals surface area contributed by atoms with Crippen molar-refractivity contribution in [2.45, 2.75) is 6.42 Å². The van der Waals surface area contributed by atoms with Crippen LogP contribution in [0.15, 0.2) is 36.4 Å². The lowest BCUT2D eigenvalue weighted by Crippen LogP contribution is -2.28. The van der Waals surface area contributed by atoms with Crippen LogP contribution in [0.3, 0.4) is 0 Å². The van der Waals surface area contributed by atoms with Crippen LogP contribution in [0.25, 0.3) is 0 Å². The summed E-state index contributed by atoms with van der Waals surface area (Å²) in [6.07, 6.45) is 0.119. The molecule has 2 aromatic rings. The smallest absolute Gasteiger partial charge is 0.229 e. The van der Waals surface area contributed by atoms with E-state index in [2.05, 4.69) is 5.32 Å². The first-order valence-corrected chi connectivity index (χ1v) is 9.06. The van der Waals surface area contributed by atoms with Crippen LogP contribution in [-0.2, 0) is 9.59 Å². The first-order valence-electron chi connectivity index (χ1n) is 9.06. The lowest BCUT2D eigenvalue weighted by molar-refractivity contribution is -0.122. The number of hydrogen-bond donors (Lipinski definition) is 1. The number of anilines is 2. The number of nitrogens with zero attached hydrogens (tertiary/aromatic N) is 1. The Morgan fingerprint density at radius 3 is 2.31 bits per heavy atom. The molecule has 1 atom stereocenters. The first-order chi connectivity index (χ1) is 14.0. The first kappa shape index (κ1) is 20.3. The number of ether oxygens (including phenoxy) is 4. The highest BCUT2D eigenvalue weighted by molar-refractivity contribution is 6.04. The standard InChI is InChI=1S/C21H24N2O6/c1-26-15-6-7-16(18(11-15)28-3)23-12-13(9-20(23)24)21(25)22-14-5-8-17(27-2)19(10-14)29-4/h5-8,10-11,13H,9,12H2,1-4H3,(H,22,25). The SMILES string of the molecule is COc1ccc(N2CC(C(=O)Nc3ccc(OC)c(OC)c3)CC2=O)c(OC)c1. The van der Waals surface area contributed by atoms with Gasteiger partial charge in [-0.2, -0.15) is 0 Å². The predicted molar refractivity (Wildman–Crippen MR) is 108 cm³/mol. The van der Waals surface area contributed by atoms with E-state index in [0.29, 0.717) is 34.4 Å². The Kier molecular flexibility index (Phi) is 6.11. The highest BCUT2D eigenvalue weighted by Crippen LogP contribution is 2.36. The van der Waals surface area contributed by atoms with Crippen molar-refractivity contribution in [3.05, 3.63) is 36.4 Å². The van der Waals surface area contributed by atoms with Crippen LogP contribution in [0.1, 0.15) is 6.42 Å².